The molecule has 1 fully saturated rings. The number of sulfonamides is 1. The summed E-state index contributed by atoms with van der Waals surface area (Å²) in [5.74, 6) is 0. The monoisotopic (exact) mass is 311 g/mol. The quantitative estimate of drug-likeness (QED) is 0.904. The topological polar surface area (TPSA) is 76.3 Å². The Morgan fingerprint density at radius 3 is 2.29 bits per heavy atom. The third-order valence-electron chi connectivity index (χ3n) is 4.92. The van der Waals surface area contributed by atoms with E-state index in [4.69, 9.17) is 5.73 Å². The zero-order chi connectivity index (χ0) is 15.5. The van der Waals surface area contributed by atoms with Crippen LogP contribution in [0.4, 0.5) is 0 Å². The minimum absolute atomic E-state index is 0.125. The number of hydrogen-bond acceptors (Lipinski definition) is 4. The number of nitrogens with two attached hydrogens (primary N) is 1. The Morgan fingerprint density at radius 2 is 1.86 bits per heavy atom. The first-order valence-electron chi connectivity index (χ1n) is 7.62. The summed E-state index contributed by atoms with van der Waals surface area (Å²) in [4.78, 5) is 4.06. The Hall–Kier alpha value is -0.980. The van der Waals surface area contributed by atoms with Gasteiger partial charge in [-0.2, -0.15) is 4.31 Å². The number of aromatic nitrogens is 1. The first kappa shape index (κ1) is 16.4. The molecule has 0 amide bonds. The highest BCUT2D eigenvalue weighted by Gasteiger charge is 2.36. The van der Waals surface area contributed by atoms with Crippen LogP contribution in [-0.2, 0) is 16.6 Å². The summed E-state index contributed by atoms with van der Waals surface area (Å²) in [6.45, 7) is 5.93. The van der Waals surface area contributed by atoms with Crippen LogP contribution in [0.1, 0.15) is 45.1 Å². The third-order valence-corrected chi connectivity index (χ3v) is 6.74. The zero-order valence-corrected chi connectivity index (χ0v) is 13.7. The molecule has 6 heteroatoms. The van der Waals surface area contributed by atoms with Gasteiger partial charge in [-0.3, -0.25) is 0 Å². The zero-order valence-electron chi connectivity index (χ0n) is 12.9. The second-order valence-electron chi connectivity index (χ2n) is 5.82. The molecule has 2 rings (SSSR count). The number of piperidine rings is 1. The van der Waals surface area contributed by atoms with Crippen LogP contribution < -0.4 is 5.73 Å². The van der Waals surface area contributed by atoms with Crippen LogP contribution in [0.2, 0.25) is 0 Å². The molecule has 118 valence electrons. The van der Waals surface area contributed by atoms with Crippen molar-refractivity contribution in [3.63, 3.8) is 0 Å². The van der Waals surface area contributed by atoms with Crippen LogP contribution in [0.3, 0.4) is 0 Å². The molecule has 2 heterocycles. The molecule has 5 nitrogen and oxygen atoms in total. The second kappa shape index (κ2) is 6.42. The molecule has 0 aromatic carbocycles. The molecular weight excluding hydrogens is 286 g/mol. The molecule has 1 aromatic heterocycles. The Morgan fingerprint density at radius 1 is 1.24 bits per heavy atom. The average Bonchev–Trinajstić information content (AvgIpc) is 2.55. The number of nitrogens with zero attached hydrogens (tertiary/aromatic N) is 2. The molecule has 1 aliphatic heterocycles. The maximum absolute atomic E-state index is 12.6. The Kier molecular flexibility index (Phi) is 5.01. The van der Waals surface area contributed by atoms with Gasteiger partial charge >= 0.3 is 0 Å². The number of pyridine rings is 1. The lowest BCUT2D eigenvalue weighted by molar-refractivity contribution is 0.141. The standard InChI is InChI=1S/C15H25N3O2S/c1-3-15(4-2)7-9-18(10-8-15)21(19,20)14-6-5-13(11-16)12-17-14/h5-6,12H,3-4,7-11,16H2,1-2H3. The van der Waals surface area contributed by atoms with E-state index in [1.54, 1.807) is 22.6 Å². The van der Waals surface area contributed by atoms with E-state index in [0.717, 1.165) is 31.2 Å². The first-order valence-corrected chi connectivity index (χ1v) is 9.06. The molecule has 1 aromatic rings. The molecule has 0 aliphatic carbocycles. The van der Waals surface area contributed by atoms with E-state index in [2.05, 4.69) is 18.8 Å². The summed E-state index contributed by atoms with van der Waals surface area (Å²) in [7, 11) is -3.47. The van der Waals surface area contributed by atoms with Crippen LogP contribution in [0.25, 0.3) is 0 Å². The van der Waals surface area contributed by atoms with Gasteiger partial charge in [0.2, 0.25) is 0 Å². The van der Waals surface area contributed by atoms with Crippen LogP contribution in [0.5, 0.6) is 0 Å². The fourth-order valence-electron chi connectivity index (χ4n) is 2.97. The van der Waals surface area contributed by atoms with Crippen LogP contribution in [-0.4, -0.2) is 30.8 Å². The second-order valence-corrected chi connectivity index (χ2v) is 7.70. The molecule has 0 bridgehead atoms. The Labute approximate surface area is 127 Å². The summed E-state index contributed by atoms with van der Waals surface area (Å²) in [6, 6.07) is 3.28. The minimum atomic E-state index is -3.47. The van der Waals surface area contributed by atoms with E-state index < -0.39 is 10.0 Å². The van der Waals surface area contributed by atoms with Crippen LogP contribution in [0, 0.1) is 5.41 Å². The maximum atomic E-state index is 12.6. The normalized spacial score (nSPS) is 19.6. The van der Waals surface area contributed by atoms with Crippen molar-refractivity contribution in [2.45, 2.75) is 51.1 Å². The van der Waals surface area contributed by atoms with Gasteiger partial charge in [-0.15, -0.1) is 0 Å². The van der Waals surface area contributed by atoms with E-state index in [1.807, 2.05) is 0 Å². The van der Waals surface area contributed by atoms with Crippen molar-refractivity contribution in [3.05, 3.63) is 23.9 Å². The van der Waals surface area contributed by atoms with E-state index in [-0.39, 0.29) is 5.03 Å². The summed E-state index contributed by atoms with van der Waals surface area (Å²) in [5.41, 5.74) is 6.66. The van der Waals surface area contributed by atoms with Crippen molar-refractivity contribution in [1.82, 2.24) is 9.29 Å². The van der Waals surface area contributed by atoms with Crippen molar-refractivity contribution in [2.24, 2.45) is 11.1 Å². The lowest BCUT2D eigenvalue weighted by atomic mass is 9.75. The van der Waals surface area contributed by atoms with Gasteiger partial charge in [0, 0.05) is 25.8 Å². The molecule has 0 spiro atoms. The van der Waals surface area contributed by atoms with E-state index in [0.29, 0.717) is 25.0 Å². The fourth-order valence-corrected chi connectivity index (χ4v) is 4.33. The summed E-state index contributed by atoms with van der Waals surface area (Å²) in [5, 5.41) is 0.125. The van der Waals surface area contributed by atoms with Gasteiger partial charge in [0.25, 0.3) is 10.0 Å². The van der Waals surface area contributed by atoms with Crippen molar-refractivity contribution in [2.75, 3.05) is 13.1 Å². The van der Waals surface area contributed by atoms with E-state index >= 15 is 0 Å². The van der Waals surface area contributed by atoms with E-state index in [1.165, 1.54) is 0 Å². The van der Waals surface area contributed by atoms with Crippen LogP contribution in [0.15, 0.2) is 23.4 Å². The Balaban J connectivity index is 2.14. The van der Waals surface area contributed by atoms with Gasteiger partial charge in [0.05, 0.1) is 0 Å². The highest BCUT2D eigenvalue weighted by Crippen LogP contribution is 2.39. The third kappa shape index (κ3) is 3.27. The number of hydrogen-bond donors (Lipinski definition) is 1. The Bertz CT molecular complexity index is 555. The summed E-state index contributed by atoms with van der Waals surface area (Å²) in [6.07, 6.45) is 5.63. The lowest BCUT2D eigenvalue weighted by Crippen LogP contribution is -2.42. The summed E-state index contributed by atoms with van der Waals surface area (Å²) >= 11 is 0. The highest BCUT2D eigenvalue weighted by molar-refractivity contribution is 7.89. The lowest BCUT2D eigenvalue weighted by Gasteiger charge is -2.40. The van der Waals surface area contributed by atoms with Gasteiger partial charge in [-0.05, 0) is 29.9 Å². The van der Waals surface area contributed by atoms with Crippen molar-refractivity contribution < 1.29 is 8.42 Å². The van der Waals surface area contributed by atoms with Gasteiger partial charge in [-0.25, -0.2) is 13.4 Å². The van der Waals surface area contributed by atoms with Crippen molar-refractivity contribution in [3.8, 4) is 0 Å². The molecular formula is C15H25N3O2S. The predicted molar refractivity (Wildman–Crippen MR) is 83.1 cm³/mol. The average molecular weight is 311 g/mol. The highest BCUT2D eigenvalue weighted by atomic mass is 32.2. The predicted octanol–water partition coefficient (Wildman–Crippen LogP) is 2.13. The van der Waals surface area contributed by atoms with Gasteiger partial charge in [-0.1, -0.05) is 32.8 Å². The molecule has 1 saturated heterocycles. The SMILES string of the molecule is CCC1(CC)CCN(S(=O)(=O)c2ccc(CN)cn2)CC1. The molecule has 0 unspecified atom stereocenters. The molecule has 21 heavy (non-hydrogen) atoms. The molecule has 0 radical (unpaired) electrons. The van der Waals surface area contributed by atoms with Crippen molar-refractivity contribution in [1.29, 1.82) is 0 Å². The molecule has 0 atom stereocenters. The van der Waals surface area contributed by atoms with Gasteiger partial charge in [0.15, 0.2) is 5.03 Å². The van der Waals surface area contributed by atoms with Crippen LogP contribution >= 0.6 is 0 Å². The number of rotatable bonds is 5. The van der Waals surface area contributed by atoms with E-state index in [9.17, 15) is 8.42 Å². The maximum Gasteiger partial charge on any atom is 0.260 e. The minimum Gasteiger partial charge on any atom is -0.326 e. The first-order chi connectivity index (χ1) is 9.97. The van der Waals surface area contributed by atoms with Gasteiger partial charge < -0.3 is 5.73 Å². The fraction of sp³-hybridized carbons (Fsp3) is 0.667. The van der Waals surface area contributed by atoms with Gasteiger partial charge in [0.1, 0.15) is 0 Å². The largest absolute Gasteiger partial charge is 0.326 e. The molecule has 2 N–H and O–H groups in total. The van der Waals surface area contributed by atoms with Crippen molar-refractivity contribution >= 4 is 10.0 Å². The smallest absolute Gasteiger partial charge is 0.260 e. The molecule has 0 saturated carbocycles. The summed E-state index contributed by atoms with van der Waals surface area (Å²) < 4.78 is 26.8. The molecule has 1 aliphatic rings.